The van der Waals surface area contributed by atoms with Crippen LogP contribution in [0.1, 0.15) is 12.8 Å². The lowest BCUT2D eigenvalue weighted by Crippen LogP contribution is -1.99. The van der Waals surface area contributed by atoms with Crippen LogP contribution >= 0.6 is 34.8 Å². The molecule has 0 nitrogen and oxygen atoms in total. The highest BCUT2D eigenvalue weighted by atomic mass is 35.5. The molecular formula is C6H10Cl3. The third kappa shape index (κ3) is 6.76. The molecule has 0 rings (SSSR count). The number of unbranched alkanes of at least 4 members (excludes halogenated alkanes) is 1. The molecule has 0 spiro atoms. The fourth-order valence-electron chi connectivity index (χ4n) is 0.439. The maximum Gasteiger partial charge on any atom is 0.0474 e. The molecule has 1 radical (unpaired) electrons. The lowest BCUT2D eigenvalue weighted by Gasteiger charge is -2.01. The zero-order valence-electron chi connectivity index (χ0n) is 5.12. The van der Waals surface area contributed by atoms with Gasteiger partial charge in [-0.3, -0.25) is 0 Å². The maximum atomic E-state index is 5.69. The lowest BCUT2D eigenvalue weighted by molar-refractivity contribution is 0.867. The molecule has 0 aliphatic heterocycles. The fourth-order valence-corrected chi connectivity index (χ4v) is 0.845. The van der Waals surface area contributed by atoms with E-state index in [4.69, 9.17) is 34.8 Å². The summed E-state index contributed by atoms with van der Waals surface area (Å²) in [5.41, 5.74) is 0. The number of hydrogen-bond donors (Lipinski definition) is 0. The van der Waals surface area contributed by atoms with Crippen LogP contribution < -0.4 is 0 Å². The third-order valence-corrected chi connectivity index (χ3v) is 1.98. The summed E-state index contributed by atoms with van der Waals surface area (Å²) in [5.74, 6) is 1.19. The largest absolute Gasteiger partial charge is 0.127 e. The Balaban J connectivity index is 2.88. The average molecular weight is 189 g/mol. The van der Waals surface area contributed by atoms with Gasteiger partial charge in [-0.05, 0) is 19.3 Å². The molecule has 1 unspecified atom stereocenters. The molecular weight excluding hydrogens is 178 g/mol. The number of hydrogen-bond acceptors (Lipinski definition) is 0. The summed E-state index contributed by atoms with van der Waals surface area (Å²) in [5, 5.41) is 0.0786. The Labute approximate surface area is 71.5 Å². The minimum atomic E-state index is 0.0786. The fraction of sp³-hybridized carbons (Fsp3) is 0.833. The van der Waals surface area contributed by atoms with E-state index in [9.17, 15) is 0 Å². The first-order valence-electron chi connectivity index (χ1n) is 2.89. The quantitative estimate of drug-likeness (QED) is 0.460. The summed E-state index contributed by atoms with van der Waals surface area (Å²) in [7, 11) is 0. The Bertz CT molecular complexity index is 56.3. The van der Waals surface area contributed by atoms with Crippen LogP contribution in [0, 0.1) is 6.42 Å². The van der Waals surface area contributed by atoms with Gasteiger partial charge in [0.05, 0.1) is 0 Å². The Morgan fingerprint density at radius 1 is 1.33 bits per heavy atom. The van der Waals surface area contributed by atoms with Crippen LogP contribution in [-0.2, 0) is 0 Å². The summed E-state index contributed by atoms with van der Waals surface area (Å²) in [6, 6.07) is 0. The van der Waals surface area contributed by atoms with Gasteiger partial charge in [-0.1, -0.05) is 0 Å². The van der Waals surface area contributed by atoms with Crippen LogP contribution in [-0.4, -0.2) is 17.1 Å². The molecule has 0 aromatic carbocycles. The molecule has 0 heterocycles. The molecule has 1 atom stereocenters. The van der Waals surface area contributed by atoms with Crippen molar-refractivity contribution in [1.29, 1.82) is 0 Å². The minimum absolute atomic E-state index is 0.0786. The van der Waals surface area contributed by atoms with Gasteiger partial charge in [-0.25, -0.2) is 0 Å². The van der Waals surface area contributed by atoms with Gasteiger partial charge in [0, 0.05) is 17.1 Å². The van der Waals surface area contributed by atoms with Crippen molar-refractivity contribution in [3.05, 3.63) is 6.42 Å². The Kier molecular flexibility index (Phi) is 7.66. The molecule has 0 bridgehead atoms. The van der Waals surface area contributed by atoms with Gasteiger partial charge < -0.3 is 0 Å². The molecule has 0 aromatic rings. The van der Waals surface area contributed by atoms with Gasteiger partial charge in [-0.15, -0.1) is 34.8 Å². The predicted molar refractivity (Wildman–Crippen MR) is 44.6 cm³/mol. The molecule has 0 aliphatic carbocycles. The Hall–Kier alpha value is 0.870. The second-order valence-electron chi connectivity index (χ2n) is 1.75. The second kappa shape index (κ2) is 6.98. The molecule has 3 heteroatoms. The van der Waals surface area contributed by atoms with Gasteiger partial charge in [0.15, 0.2) is 0 Å². The normalized spacial score (nSPS) is 13.7. The highest BCUT2D eigenvalue weighted by Crippen LogP contribution is 2.08. The molecule has 0 aromatic heterocycles. The van der Waals surface area contributed by atoms with E-state index in [1.54, 1.807) is 0 Å². The van der Waals surface area contributed by atoms with E-state index >= 15 is 0 Å². The zero-order valence-corrected chi connectivity index (χ0v) is 7.38. The van der Waals surface area contributed by atoms with Crippen molar-refractivity contribution in [2.24, 2.45) is 0 Å². The van der Waals surface area contributed by atoms with Gasteiger partial charge in [-0.2, -0.15) is 0 Å². The number of rotatable bonds is 5. The molecule has 0 saturated heterocycles. The second-order valence-corrected chi connectivity index (χ2v) is 3.06. The van der Waals surface area contributed by atoms with E-state index in [1.807, 2.05) is 0 Å². The summed E-state index contributed by atoms with van der Waals surface area (Å²) in [4.78, 5) is 0. The van der Waals surface area contributed by atoms with Crippen LogP contribution in [0.25, 0.3) is 0 Å². The standard InChI is InChI=1S/C6H10Cl3/c7-4-2-1-3-6(9)5-8/h1,6H,2-5H2. The highest BCUT2D eigenvalue weighted by Gasteiger charge is 2.00. The minimum Gasteiger partial charge on any atom is -0.127 e. The van der Waals surface area contributed by atoms with Gasteiger partial charge in [0.25, 0.3) is 0 Å². The van der Waals surface area contributed by atoms with E-state index in [1.165, 1.54) is 0 Å². The van der Waals surface area contributed by atoms with Crippen LogP contribution in [0.3, 0.4) is 0 Å². The third-order valence-electron chi connectivity index (χ3n) is 0.903. The molecule has 9 heavy (non-hydrogen) atoms. The summed E-state index contributed by atoms with van der Waals surface area (Å²) in [6.07, 6.45) is 3.84. The highest BCUT2D eigenvalue weighted by molar-refractivity contribution is 6.28. The Morgan fingerprint density at radius 3 is 2.44 bits per heavy atom. The molecule has 0 amide bonds. The van der Waals surface area contributed by atoms with E-state index in [-0.39, 0.29) is 5.38 Å². The number of halogens is 3. The van der Waals surface area contributed by atoms with Gasteiger partial charge in [0.2, 0.25) is 0 Å². The van der Waals surface area contributed by atoms with E-state index in [2.05, 4.69) is 6.42 Å². The molecule has 55 valence electrons. The van der Waals surface area contributed by atoms with Crippen molar-refractivity contribution in [3.63, 3.8) is 0 Å². The van der Waals surface area contributed by atoms with Crippen molar-refractivity contribution in [3.8, 4) is 0 Å². The smallest absolute Gasteiger partial charge is 0.0474 e. The lowest BCUT2D eigenvalue weighted by atomic mass is 10.2. The topological polar surface area (TPSA) is 0 Å². The van der Waals surface area contributed by atoms with Crippen LogP contribution in [0.4, 0.5) is 0 Å². The Morgan fingerprint density at radius 2 is 2.00 bits per heavy atom. The van der Waals surface area contributed by atoms with Crippen LogP contribution in [0.15, 0.2) is 0 Å². The maximum absolute atomic E-state index is 5.69. The monoisotopic (exact) mass is 187 g/mol. The summed E-state index contributed by atoms with van der Waals surface area (Å²) in [6.45, 7) is 0. The van der Waals surface area contributed by atoms with Crippen LogP contribution in [0.2, 0.25) is 0 Å². The SMILES string of the molecule is ClCC[CH]CC(Cl)CCl. The van der Waals surface area contributed by atoms with Crippen molar-refractivity contribution in [1.82, 2.24) is 0 Å². The first kappa shape index (κ1) is 9.87. The molecule has 0 N–H and O–H groups in total. The van der Waals surface area contributed by atoms with Crippen molar-refractivity contribution in [2.75, 3.05) is 11.8 Å². The van der Waals surface area contributed by atoms with Crippen molar-refractivity contribution >= 4 is 34.8 Å². The first-order valence-corrected chi connectivity index (χ1v) is 4.39. The molecule has 0 aliphatic rings. The zero-order chi connectivity index (χ0) is 7.11. The molecule has 0 saturated carbocycles. The molecule has 0 fully saturated rings. The van der Waals surface area contributed by atoms with Crippen LogP contribution in [0.5, 0.6) is 0 Å². The predicted octanol–water partition coefficient (Wildman–Crippen LogP) is 3.06. The van der Waals surface area contributed by atoms with E-state index < -0.39 is 0 Å². The van der Waals surface area contributed by atoms with Gasteiger partial charge in [0.1, 0.15) is 0 Å². The van der Waals surface area contributed by atoms with Crippen molar-refractivity contribution in [2.45, 2.75) is 18.2 Å². The first-order chi connectivity index (χ1) is 4.31. The van der Waals surface area contributed by atoms with E-state index in [0.29, 0.717) is 11.8 Å². The van der Waals surface area contributed by atoms with Gasteiger partial charge >= 0.3 is 0 Å². The summed E-state index contributed by atoms with van der Waals surface area (Å²) < 4.78 is 0. The van der Waals surface area contributed by atoms with Crippen molar-refractivity contribution < 1.29 is 0 Å². The summed E-state index contributed by atoms with van der Waals surface area (Å²) >= 11 is 16.6. The van der Waals surface area contributed by atoms with E-state index in [0.717, 1.165) is 12.8 Å². The number of alkyl halides is 3. The average Bonchev–Trinajstić information content (AvgIpc) is 1.89.